The Morgan fingerprint density at radius 3 is 2.47 bits per heavy atom. The Morgan fingerprint density at radius 2 is 1.83 bits per heavy atom. The number of hydrogen-bond acceptors (Lipinski definition) is 4. The fourth-order valence-electron chi connectivity index (χ4n) is 3.43. The highest BCUT2D eigenvalue weighted by molar-refractivity contribution is 6.34. The van der Waals surface area contributed by atoms with Crippen LogP contribution in [0.4, 0.5) is 13.2 Å². The summed E-state index contributed by atoms with van der Waals surface area (Å²) in [7, 11) is 0. The highest BCUT2D eigenvalue weighted by Gasteiger charge is 2.62. The molecular formula is C20H11Cl2F3N2O3. The zero-order valence-electron chi connectivity index (χ0n) is 14.9. The third-order valence-electron chi connectivity index (χ3n) is 4.83. The van der Waals surface area contributed by atoms with Crippen LogP contribution >= 0.6 is 23.2 Å². The molecule has 30 heavy (non-hydrogen) atoms. The first kappa shape index (κ1) is 20.4. The van der Waals surface area contributed by atoms with Gasteiger partial charge in [0.15, 0.2) is 0 Å². The molecule has 0 saturated carbocycles. The number of carbonyl (C=O) groups is 1. The van der Waals surface area contributed by atoms with Crippen molar-refractivity contribution in [3.8, 4) is 0 Å². The zero-order valence-corrected chi connectivity index (χ0v) is 16.4. The second kappa shape index (κ2) is 7.14. The van der Waals surface area contributed by atoms with Crippen molar-refractivity contribution in [1.29, 1.82) is 0 Å². The average molecular weight is 455 g/mol. The van der Waals surface area contributed by atoms with Crippen LogP contribution in [-0.2, 0) is 10.4 Å². The molecule has 1 aromatic heterocycles. The van der Waals surface area contributed by atoms with E-state index in [-0.39, 0.29) is 43.4 Å². The van der Waals surface area contributed by atoms with Gasteiger partial charge in [0.05, 0.1) is 23.2 Å². The van der Waals surface area contributed by atoms with Gasteiger partial charge in [-0.05, 0) is 36.4 Å². The second-order valence-corrected chi connectivity index (χ2v) is 7.53. The topological polar surface area (TPSA) is 71.8 Å². The minimum atomic E-state index is -4.84. The molecule has 0 fully saturated rings. The van der Waals surface area contributed by atoms with Crippen LogP contribution in [0.15, 0.2) is 53.8 Å². The van der Waals surface area contributed by atoms with Crippen LogP contribution in [0.3, 0.4) is 0 Å². The number of oxime groups is 1. The summed E-state index contributed by atoms with van der Waals surface area (Å²) in [5, 5.41) is 13.4. The van der Waals surface area contributed by atoms with E-state index in [9.17, 15) is 23.1 Å². The van der Waals surface area contributed by atoms with E-state index in [0.717, 1.165) is 12.1 Å². The Hall–Kier alpha value is -2.84. The van der Waals surface area contributed by atoms with Crippen LogP contribution in [0.1, 0.15) is 27.9 Å². The first-order valence-corrected chi connectivity index (χ1v) is 9.28. The van der Waals surface area contributed by atoms with Gasteiger partial charge in [0, 0.05) is 32.8 Å². The molecule has 0 amide bonds. The summed E-state index contributed by atoms with van der Waals surface area (Å²) in [5.41, 5.74) is -2.67. The molecule has 4 rings (SSSR count). The summed E-state index contributed by atoms with van der Waals surface area (Å²) in [4.78, 5) is 20.6. The molecule has 2 heterocycles. The van der Waals surface area contributed by atoms with Gasteiger partial charge in [0.25, 0.3) is 5.60 Å². The molecule has 0 bridgehead atoms. The summed E-state index contributed by atoms with van der Waals surface area (Å²) in [6.45, 7) is 0. The Kier molecular flexibility index (Phi) is 4.86. The van der Waals surface area contributed by atoms with Crippen molar-refractivity contribution >= 4 is 45.8 Å². The van der Waals surface area contributed by atoms with Crippen LogP contribution in [-0.4, -0.2) is 27.9 Å². The number of fused-ring (bicyclic) bond motifs is 1. The molecule has 154 valence electrons. The number of carboxylic acids is 1. The first-order valence-electron chi connectivity index (χ1n) is 8.52. The van der Waals surface area contributed by atoms with E-state index < -0.39 is 24.2 Å². The highest BCUT2D eigenvalue weighted by Crippen LogP contribution is 2.50. The lowest BCUT2D eigenvalue weighted by molar-refractivity contribution is -0.275. The van der Waals surface area contributed by atoms with Gasteiger partial charge in [0.1, 0.15) is 0 Å². The number of aromatic carboxylic acids is 1. The first-order chi connectivity index (χ1) is 14.1. The number of halogens is 5. The molecule has 1 N–H and O–H groups in total. The maximum absolute atomic E-state index is 14.2. The van der Waals surface area contributed by atoms with E-state index in [1.165, 1.54) is 30.5 Å². The lowest BCUT2D eigenvalue weighted by Gasteiger charge is -2.29. The molecule has 3 aromatic rings. The standard InChI is InChI=1S/C20H11Cl2F3N2O3/c21-11-6-10(7-12(22)8-11)19(20(23,24)25)9-16(27-30-19)15-4-3-14(18(28)29)13-2-1-5-26-17(13)15/h1-8H,9H2,(H,28,29). The summed E-state index contributed by atoms with van der Waals surface area (Å²) < 4.78 is 42.5. The number of nitrogens with zero attached hydrogens (tertiary/aromatic N) is 2. The third kappa shape index (κ3) is 3.26. The average Bonchev–Trinajstić information content (AvgIpc) is 3.13. The van der Waals surface area contributed by atoms with Gasteiger partial charge in [-0.1, -0.05) is 34.4 Å². The summed E-state index contributed by atoms with van der Waals surface area (Å²) in [6, 6.07) is 9.31. The third-order valence-corrected chi connectivity index (χ3v) is 5.26. The monoisotopic (exact) mass is 454 g/mol. The maximum Gasteiger partial charge on any atom is 0.435 e. The second-order valence-electron chi connectivity index (χ2n) is 6.65. The van der Waals surface area contributed by atoms with Crippen LogP contribution in [0.2, 0.25) is 10.0 Å². The molecule has 5 nitrogen and oxygen atoms in total. The van der Waals surface area contributed by atoms with Crippen LogP contribution in [0, 0.1) is 0 Å². The molecule has 1 aliphatic heterocycles. The predicted octanol–water partition coefficient (Wildman–Crippen LogP) is 5.82. The highest BCUT2D eigenvalue weighted by atomic mass is 35.5. The van der Waals surface area contributed by atoms with E-state index >= 15 is 0 Å². The van der Waals surface area contributed by atoms with Crippen molar-refractivity contribution in [3.63, 3.8) is 0 Å². The molecule has 10 heteroatoms. The normalized spacial score (nSPS) is 18.9. The number of alkyl halides is 3. The Bertz CT molecular complexity index is 1190. The molecule has 0 radical (unpaired) electrons. The molecule has 0 aliphatic carbocycles. The van der Waals surface area contributed by atoms with Crippen molar-refractivity contribution in [2.24, 2.45) is 5.16 Å². The quantitative estimate of drug-likeness (QED) is 0.540. The van der Waals surface area contributed by atoms with Crippen molar-refractivity contribution in [3.05, 3.63) is 75.4 Å². The number of rotatable bonds is 3. The van der Waals surface area contributed by atoms with Crippen molar-refractivity contribution < 1.29 is 27.9 Å². The van der Waals surface area contributed by atoms with E-state index in [0.29, 0.717) is 0 Å². The van der Waals surface area contributed by atoms with Gasteiger partial charge in [0.2, 0.25) is 0 Å². The predicted molar refractivity (Wildman–Crippen MR) is 105 cm³/mol. The number of carboxylic acid groups (broad SMARTS) is 1. The van der Waals surface area contributed by atoms with Gasteiger partial charge in [-0.15, -0.1) is 0 Å². The van der Waals surface area contributed by atoms with E-state index in [4.69, 9.17) is 28.0 Å². The summed E-state index contributed by atoms with van der Waals surface area (Å²) >= 11 is 11.8. The summed E-state index contributed by atoms with van der Waals surface area (Å²) in [6.07, 6.45) is -4.08. The number of aromatic nitrogens is 1. The Balaban J connectivity index is 1.84. The van der Waals surface area contributed by atoms with Crippen molar-refractivity contribution in [2.45, 2.75) is 18.2 Å². The number of benzene rings is 2. The molecule has 0 spiro atoms. The fraction of sp³-hybridized carbons (Fsp3) is 0.150. The smallest absolute Gasteiger partial charge is 0.435 e. The fourth-order valence-corrected chi connectivity index (χ4v) is 3.95. The van der Waals surface area contributed by atoms with Gasteiger partial charge in [-0.3, -0.25) is 4.98 Å². The van der Waals surface area contributed by atoms with Crippen LogP contribution in [0.25, 0.3) is 10.9 Å². The van der Waals surface area contributed by atoms with Crippen LogP contribution in [0.5, 0.6) is 0 Å². The number of hydrogen-bond donors (Lipinski definition) is 1. The Labute approximate surface area is 177 Å². The lowest BCUT2D eigenvalue weighted by atomic mass is 9.86. The van der Waals surface area contributed by atoms with E-state index in [2.05, 4.69) is 10.1 Å². The maximum atomic E-state index is 14.2. The van der Waals surface area contributed by atoms with Gasteiger partial charge in [-0.25, -0.2) is 4.79 Å². The number of pyridine rings is 1. The summed E-state index contributed by atoms with van der Waals surface area (Å²) in [5.74, 6) is -1.18. The van der Waals surface area contributed by atoms with Crippen LogP contribution < -0.4 is 0 Å². The largest absolute Gasteiger partial charge is 0.478 e. The zero-order chi connectivity index (χ0) is 21.7. The van der Waals surface area contributed by atoms with Gasteiger partial charge in [-0.2, -0.15) is 13.2 Å². The van der Waals surface area contributed by atoms with Crippen molar-refractivity contribution in [1.82, 2.24) is 4.98 Å². The SMILES string of the molecule is O=C(O)c1ccc(C2=NOC(c3cc(Cl)cc(Cl)c3)(C(F)(F)F)C2)c2ncccc12. The van der Waals surface area contributed by atoms with Gasteiger partial charge < -0.3 is 9.94 Å². The van der Waals surface area contributed by atoms with E-state index in [1.54, 1.807) is 6.07 Å². The molecule has 1 aliphatic rings. The minimum absolute atomic E-state index is 0.0231. The van der Waals surface area contributed by atoms with E-state index in [1.807, 2.05) is 0 Å². The molecule has 1 atom stereocenters. The minimum Gasteiger partial charge on any atom is -0.478 e. The molecule has 1 unspecified atom stereocenters. The lowest BCUT2D eigenvalue weighted by Crippen LogP contribution is -2.42. The molecule has 0 saturated heterocycles. The molecular weight excluding hydrogens is 444 g/mol. The van der Waals surface area contributed by atoms with Gasteiger partial charge >= 0.3 is 12.1 Å². The molecule has 2 aromatic carbocycles. The Morgan fingerprint density at radius 1 is 1.13 bits per heavy atom. The van der Waals surface area contributed by atoms with Crippen molar-refractivity contribution in [2.75, 3.05) is 0 Å².